The summed E-state index contributed by atoms with van der Waals surface area (Å²) in [7, 11) is 0. The van der Waals surface area contributed by atoms with Gasteiger partial charge >= 0.3 is 0 Å². The molecule has 2 aromatic carbocycles. The molecule has 0 aliphatic carbocycles. The number of nitrogens with zero attached hydrogens (tertiary/aromatic N) is 2. The lowest BCUT2D eigenvalue weighted by Gasteiger charge is -2.28. The SMILES string of the molecule is CC(=O)Nc1cccc(SC[C@@H]2CO[C@](CCc3ccc(Cl)cc3)(Cn3ccnc3)O2)c1. The molecule has 0 radical (unpaired) electrons. The molecule has 1 aliphatic heterocycles. The highest BCUT2D eigenvalue weighted by Crippen LogP contribution is 2.33. The highest BCUT2D eigenvalue weighted by atomic mass is 35.5. The van der Waals surface area contributed by atoms with Crippen LogP contribution in [0.5, 0.6) is 0 Å². The lowest BCUT2D eigenvalue weighted by molar-refractivity contribution is -0.180. The average molecular weight is 472 g/mol. The number of benzene rings is 2. The fraction of sp³-hybridized carbons (Fsp3) is 0.333. The zero-order valence-corrected chi connectivity index (χ0v) is 19.4. The van der Waals surface area contributed by atoms with Crippen LogP contribution < -0.4 is 5.32 Å². The van der Waals surface area contributed by atoms with Crippen LogP contribution in [-0.4, -0.2) is 39.7 Å². The van der Waals surface area contributed by atoms with Crippen LogP contribution in [0, 0.1) is 0 Å². The van der Waals surface area contributed by atoms with Gasteiger partial charge in [-0.05, 0) is 42.3 Å². The van der Waals surface area contributed by atoms with Gasteiger partial charge in [0.15, 0.2) is 5.79 Å². The first kappa shape index (κ1) is 22.9. The number of ether oxygens (including phenoxy) is 2. The van der Waals surface area contributed by atoms with Crippen LogP contribution in [0.3, 0.4) is 0 Å². The van der Waals surface area contributed by atoms with Gasteiger partial charge in [0.25, 0.3) is 0 Å². The van der Waals surface area contributed by atoms with Crippen molar-refractivity contribution in [1.82, 2.24) is 9.55 Å². The Labute approximate surface area is 197 Å². The van der Waals surface area contributed by atoms with Gasteiger partial charge in [-0.1, -0.05) is 29.8 Å². The fourth-order valence-corrected chi connectivity index (χ4v) is 4.75. The van der Waals surface area contributed by atoms with E-state index in [1.807, 2.05) is 59.3 Å². The Hall–Kier alpha value is -2.32. The van der Waals surface area contributed by atoms with E-state index in [0.29, 0.717) is 13.2 Å². The number of carbonyl (C=O) groups is 1. The minimum atomic E-state index is -0.705. The Kier molecular flexibility index (Phi) is 7.52. The summed E-state index contributed by atoms with van der Waals surface area (Å²) < 4.78 is 14.8. The first-order valence-electron chi connectivity index (χ1n) is 10.5. The smallest absolute Gasteiger partial charge is 0.221 e. The largest absolute Gasteiger partial charge is 0.345 e. The number of halogens is 1. The molecule has 1 saturated heterocycles. The monoisotopic (exact) mass is 471 g/mol. The first-order chi connectivity index (χ1) is 15.5. The summed E-state index contributed by atoms with van der Waals surface area (Å²) >= 11 is 7.71. The van der Waals surface area contributed by atoms with Crippen LogP contribution in [0.4, 0.5) is 5.69 Å². The third-order valence-electron chi connectivity index (χ3n) is 5.19. The molecule has 0 unspecified atom stereocenters. The summed E-state index contributed by atoms with van der Waals surface area (Å²) in [4.78, 5) is 16.5. The quantitative estimate of drug-likeness (QED) is 0.443. The highest BCUT2D eigenvalue weighted by molar-refractivity contribution is 7.99. The number of aromatic nitrogens is 2. The third-order valence-corrected chi connectivity index (χ3v) is 6.57. The van der Waals surface area contributed by atoms with Crippen LogP contribution >= 0.6 is 23.4 Å². The maximum Gasteiger partial charge on any atom is 0.221 e. The van der Waals surface area contributed by atoms with Crippen molar-refractivity contribution in [3.8, 4) is 0 Å². The van der Waals surface area contributed by atoms with Gasteiger partial charge < -0.3 is 19.4 Å². The molecule has 1 aliphatic rings. The number of nitrogens with one attached hydrogen (secondary N) is 1. The first-order valence-corrected chi connectivity index (χ1v) is 11.9. The van der Waals surface area contributed by atoms with Crippen molar-refractivity contribution in [2.75, 3.05) is 17.7 Å². The highest BCUT2D eigenvalue weighted by Gasteiger charge is 2.41. The van der Waals surface area contributed by atoms with E-state index in [1.165, 1.54) is 12.5 Å². The van der Waals surface area contributed by atoms with Crippen molar-refractivity contribution < 1.29 is 14.3 Å². The number of imidazole rings is 1. The molecule has 1 aromatic heterocycles. The maximum atomic E-state index is 11.3. The number of rotatable bonds is 9. The molecule has 3 aromatic rings. The van der Waals surface area contributed by atoms with Crippen LogP contribution in [0.1, 0.15) is 18.9 Å². The molecule has 0 spiro atoms. The van der Waals surface area contributed by atoms with Gasteiger partial charge in [-0.15, -0.1) is 11.8 Å². The lowest BCUT2D eigenvalue weighted by atomic mass is 10.0. The molecule has 0 bridgehead atoms. The van der Waals surface area contributed by atoms with E-state index in [9.17, 15) is 4.79 Å². The molecule has 32 heavy (non-hydrogen) atoms. The molecule has 168 valence electrons. The molecule has 1 N–H and O–H groups in total. The van der Waals surface area contributed by atoms with Crippen LogP contribution in [0.25, 0.3) is 0 Å². The number of hydrogen-bond acceptors (Lipinski definition) is 5. The van der Waals surface area contributed by atoms with E-state index in [1.54, 1.807) is 24.3 Å². The van der Waals surface area contributed by atoms with Crippen LogP contribution in [-0.2, 0) is 27.2 Å². The summed E-state index contributed by atoms with van der Waals surface area (Å²) in [5.41, 5.74) is 1.99. The Morgan fingerprint density at radius 2 is 2.16 bits per heavy atom. The van der Waals surface area contributed by atoms with Gasteiger partial charge in [-0.3, -0.25) is 4.79 Å². The van der Waals surface area contributed by atoms with Crippen molar-refractivity contribution in [2.24, 2.45) is 0 Å². The summed E-state index contributed by atoms with van der Waals surface area (Å²) in [6.07, 6.45) is 6.99. The van der Waals surface area contributed by atoms with Crippen molar-refractivity contribution in [2.45, 2.75) is 43.1 Å². The summed E-state index contributed by atoms with van der Waals surface area (Å²) in [6, 6.07) is 15.7. The molecular weight excluding hydrogens is 446 g/mol. The van der Waals surface area contributed by atoms with E-state index in [2.05, 4.69) is 10.3 Å². The fourth-order valence-electron chi connectivity index (χ4n) is 3.69. The van der Waals surface area contributed by atoms with E-state index in [4.69, 9.17) is 21.1 Å². The Morgan fingerprint density at radius 1 is 1.31 bits per heavy atom. The molecule has 2 atom stereocenters. The van der Waals surface area contributed by atoms with Crippen molar-refractivity contribution in [1.29, 1.82) is 0 Å². The molecule has 6 nitrogen and oxygen atoms in total. The van der Waals surface area contributed by atoms with Crippen LogP contribution in [0.15, 0.2) is 72.1 Å². The Morgan fingerprint density at radius 3 is 2.91 bits per heavy atom. The zero-order chi connectivity index (χ0) is 22.4. The Balaban J connectivity index is 1.39. The van der Waals surface area contributed by atoms with Gasteiger partial charge in [0.05, 0.1) is 25.6 Å². The van der Waals surface area contributed by atoms with Crippen molar-refractivity contribution >= 4 is 35.0 Å². The second-order valence-corrected chi connectivity index (χ2v) is 9.37. The Bertz CT molecular complexity index is 1030. The molecule has 4 rings (SSSR count). The van der Waals surface area contributed by atoms with Gasteiger partial charge in [0.1, 0.15) is 0 Å². The number of aryl methyl sites for hydroxylation is 1. The number of thioether (sulfide) groups is 1. The third kappa shape index (κ3) is 6.36. The van der Waals surface area contributed by atoms with E-state index < -0.39 is 5.79 Å². The minimum absolute atomic E-state index is 0.0295. The number of amides is 1. The van der Waals surface area contributed by atoms with Crippen molar-refractivity contribution in [3.63, 3.8) is 0 Å². The minimum Gasteiger partial charge on any atom is -0.345 e. The van der Waals surface area contributed by atoms with E-state index >= 15 is 0 Å². The predicted octanol–water partition coefficient (Wildman–Crippen LogP) is 5.03. The lowest BCUT2D eigenvalue weighted by Crippen LogP contribution is -2.37. The van der Waals surface area contributed by atoms with E-state index in [0.717, 1.165) is 34.2 Å². The number of carbonyl (C=O) groups excluding carboxylic acids is 1. The van der Waals surface area contributed by atoms with Crippen LogP contribution in [0.2, 0.25) is 5.02 Å². The molecule has 0 saturated carbocycles. The van der Waals surface area contributed by atoms with Gasteiger partial charge in [0, 0.05) is 47.1 Å². The second-order valence-electron chi connectivity index (χ2n) is 7.84. The molecular formula is C24H26ClN3O3S. The average Bonchev–Trinajstić information content (AvgIpc) is 3.42. The summed E-state index contributed by atoms with van der Waals surface area (Å²) in [5.74, 6) is -0.0237. The normalized spacial score (nSPS) is 20.4. The zero-order valence-electron chi connectivity index (χ0n) is 17.9. The summed E-state index contributed by atoms with van der Waals surface area (Å²) in [6.45, 7) is 2.63. The predicted molar refractivity (Wildman–Crippen MR) is 127 cm³/mol. The molecule has 1 amide bonds. The molecule has 2 heterocycles. The summed E-state index contributed by atoms with van der Waals surface area (Å²) in [5, 5.41) is 3.55. The standard InChI is InChI=1S/C24H26ClN3O3S/c1-18(29)27-21-3-2-4-23(13-21)32-15-22-14-30-24(31-22,16-28-12-11-26-17-28)10-9-19-5-7-20(25)8-6-19/h2-8,11-13,17,22H,9-10,14-16H2,1H3,(H,27,29)/t22-,24-/m0/s1. The second kappa shape index (κ2) is 10.5. The van der Waals surface area contributed by atoms with Gasteiger partial charge in [0.2, 0.25) is 5.91 Å². The van der Waals surface area contributed by atoms with Gasteiger partial charge in [-0.25, -0.2) is 4.98 Å². The molecule has 1 fully saturated rings. The number of anilines is 1. The van der Waals surface area contributed by atoms with Crippen molar-refractivity contribution in [3.05, 3.63) is 77.8 Å². The maximum absolute atomic E-state index is 11.3. The van der Waals surface area contributed by atoms with Gasteiger partial charge in [-0.2, -0.15) is 0 Å². The topological polar surface area (TPSA) is 65.4 Å². The number of hydrogen-bond donors (Lipinski definition) is 1. The van der Waals surface area contributed by atoms with E-state index in [-0.39, 0.29) is 12.0 Å². The molecule has 8 heteroatoms.